The molecule has 0 aliphatic heterocycles. The van der Waals surface area contributed by atoms with E-state index in [1.165, 1.54) is 12.1 Å². The molecule has 1 aromatic rings. The molecule has 0 radical (unpaired) electrons. The standard InChI is InChI=1S/C26H38O7S.Na/c1-3-5-7-9-11-13-15-20-32-25(27)22-18-17-19-23(34(29,30)31)24(22)26(28)33-21-16-14-12-10-8-6-4-2;/h5-8,17-19H,3-4,9-16,20-21H2,1-2H3,(H,29,30,31);/q;+1/p-1/b7-5+,8-6+;. The Hall–Kier alpha value is -1.45. The maximum absolute atomic E-state index is 12.7. The molecule has 190 valence electrons. The van der Waals surface area contributed by atoms with E-state index in [-0.39, 0.29) is 48.3 Å². The predicted octanol–water partition coefficient (Wildman–Crippen LogP) is 2.96. The molecule has 1 aromatic carbocycles. The van der Waals surface area contributed by atoms with Gasteiger partial charge in [0.05, 0.1) is 29.2 Å². The number of esters is 2. The van der Waals surface area contributed by atoms with Crippen molar-refractivity contribution in [3.8, 4) is 0 Å². The number of allylic oxidation sites excluding steroid dienone is 4. The van der Waals surface area contributed by atoms with Crippen LogP contribution in [0.4, 0.5) is 0 Å². The summed E-state index contributed by atoms with van der Waals surface area (Å²) in [6, 6.07) is 3.50. The van der Waals surface area contributed by atoms with Gasteiger partial charge in [-0.15, -0.1) is 0 Å². The van der Waals surface area contributed by atoms with Crippen LogP contribution >= 0.6 is 0 Å². The maximum Gasteiger partial charge on any atom is 1.00 e. The zero-order valence-electron chi connectivity index (χ0n) is 21.3. The normalized spacial score (nSPS) is 11.5. The molecule has 1 rings (SSSR count). The minimum absolute atomic E-state index is 0. The number of carbonyl (C=O) groups excluding carboxylic acids is 2. The van der Waals surface area contributed by atoms with Crippen LogP contribution in [0.1, 0.15) is 98.8 Å². The van der Waals surface area contributed by atoms with Gasteiger partial charge in [0, 0.05) is 0 Å². The summed E-state index contributed by atoms with van der Waals surface area (Å²) in [5.74, 6) is -1.87. The van der Waals surface area contributed by atoms with E-state index in [0.29, 0.717) is 12.8 Å². The molecule has 7 nitrogen and oxygen atoms in total. The van der Waals surface area contributed by atoms with Crippen LogP contribution in [0, 0.1) is 0 Å². The van der Waals surface area contributed by atoms with Gasteiger partial charge >= 0.3 is 41.5 Å². The van der Waals surface area contributed by atoms with Gasteiger partial charge in [-0.2, -0.15) is 0 Å². The molecule has 0 N–H and O–H groups in total. The fourth-order valence-electron chi connectivity index (χ4n) is 3.25. The Balaban J connectivity index is 0.0000116. The molecule has 0 fully saturated rings. The summed E-state index contributed by atoms with van der Waals surface area (Å²) < 4.78 is 45.6. The molecule has 35 heavy (non-hydrogen) atoms. The van der Waals surface area contributed by atoms with Crippen LogP contribution in [-0.2, 0) is 19.6 Å². The number of ether oxygens (including phenoxy) is 2. The zero-order chi connectivity index (χ0) is 25.2. The Morgan fingerprint density at radius 3 is 1.80 bits per heavy atom. The van der Waals surface area contributed by atoms with Gasteiger partial charge in [-0.05, 0) is 76.3 Å². The number of hydrogen-bond donors (Lipinski definition) is 0. The van der Waals surface area contributed by atoms with Crippen LogP contribution in [0.25, 0.3) is 0 Å². The van der Waals surface area contributed by atoms with Crippen molar-refractivity contribution in [2.24, 2.45) is 0 Å². The molecule has 0 heterocycles. The van der Waals surface area contributed by atoms with E-state index >= 15 is 0 Å². The third-order valence-electron chi connectivity index (χ3n) is 5.02. The molecule has 0 aliphatic rings. The van der Waals surface area contributed by atoms with Gasteiger partial charge in [0.1, 0.15) is 10.1 Å². The quantitative estimate of drug-likeness (QED) is 0.103. The van der Waals surface area contributed by atoms with Crippen molar-refractivity contribution in [3.05, 3.63) is 53.6 Å². The van der Waals surface area contributed by atoms with E-state index in [9.17, 15) is 22.6 Å². The second-order valence-electron chi connectivity index (χ2n) is 7.86. The Morgan fingerprint density at radius 1 is 0.800 bits per heavy atom. The molecular weight excluding hydrogens is 479 g/mol. The monoisotopic (exact) mass is 516 g/mol. The summed E-state index contributed by atoms with van der Waals surface area (Å²) in [5, 5.41) is 0. The van der Waals surface area contributed by atoms with Gasteiger partial charge in [0.15, 0.2) is 0 Å². The summed E-state index contributed by atoms with van der Waals surface area (Å²) >= 11 is 0. The first-order chi connectivity index (χ1) is 16.3. The van der Waals surface area contributed by atoms with E-state index in [2.05, 4.69) is 38.2 Å². The molecule has 0 saturated carbocycles. The number of rotatable bonds is 17. The van der Waals surface area contributed by atoms with E-state index < -0.39 is 32.5 Å². The molecule has 0 bridgehead atoms. The minimum Gasteiger partial charge on any atom is -0.744 e. The topological polar surface area (TPSA) is 110 Å². The summed E-state index contributed by atoms with van der Waals surface area (Å²) in [6.07, 6.45) is 17.1. The predicted molar refractivity (Wildman–Crippen MR) is 131 cm³/mol. The van der Waals surface area contributed by atoms with Crippen LogP contribution in [0.15, 0.2) is 47.4 Å². The third-order valence-corrected chi connectivity index (χ3v) is 5.90. The van der Waals surface area contributed by atoms with Crippen molar-refractivity contribution in [1.29, 1.82) is 0 Å². The first-order valence-electron chi connectivity index (χ1n) is 12.1. The second kappa shape index (κ2) is 19.7. The van der Waals surface area contributed by atoms with E-state index in [4.69, 9.17) is 9.47 Å². The van der Waals surface area contributed by atoms with Gasteiger partial charge in [0.25, 0.3) is 0 Å². The molecule has 0 amide bonds. The Morgan fingerprint density at radius 2 is 1.31 bits per heavy atom. The van der Waals surface area contributed by atoms with Crippen molar-refractivity contribution < 1.29 is 61.6 Å². The first-order valence-corrected chi connectivity index (χ1v) is 13.5. The molecule has 0 unspecified atom stereocenters. The molecule has 0 spiro atoms. The molecular formula is C26H37NaO7S. The molecule has 0 saturated heterocycles. The Kier molecular flexibility index (Phi) is 18.9. The van der Waals surface area contributed by atoms with Crippen molar-refractivity contribution in [2.45, 2.75) is 83.0 Å². The van der Waals surface area contributed by atoms with Gasteiger partial charge in [-0.3, -0.25) is 0 Å². The second-order valence-corrected chi connectivity index (χ2v) is 9.21. The van der Waals surface area contributed by atoms with Crippen molar-refractivity contribution >= 4 is 22.1 Å². The largest absolute Gasteiger partial charge is 1.00 e. The average molecular weight is 517 g/mol. The van der Waals surface area contributed by atoms with E-state index in [1.54, 1.807) is 0 Å². The van der Waals surface area contributed by atoms with Crippen LogP contribution in [0.2, 0.25) is 0 Å². The zero-order valence-corrected chi connectivity index (χ0v) is 24.1. The molecule has 0 aliphatic carbocycles. The van der Waals surface area contributed by atoms with Crippen molar-refractivity contribution in [1.82, 2.24) is 0 Å². The number of carbonyl (C=O) groups is 2. The molecule has 9 heteroatoms. The minimum atomic E-state index is -5.00. The first kappa shape index (κ1) is 33.5. The summed E-state index contributed by atoms with van der Waals surface area (Å²) in [5.41, 5.74) is -0.837. The fourth-order valence-corrected chi connectivity index (χ4v) is 3.94. The van der Waals surface area contributed by atoms with Gasteiger partial charge in [-0.25, -0.2) is 18.0 Å². The van der Waals surface area contributed by atoms with E-state index in [0.717, 1.165) is 57.4 Å². The SMILES string of the molecule is CC/C=C/CCCCCOC(=O)c1cccc(S(=O)(=O)[O-])c1C(=O)OCCCCC/C=C/CC.[Na+]. The summed E-state index contributed by atoms with van der Waals surface area (Å²) in [6.45, 7) is 4.32. The fraction of sp³-hybridized carbons (Fsp3) is 0.538. The van der Waals surface area contributed by atoms with Crippen LogP contribution in [0.3, 0.4) is 0 Å². The average Bonchev–Trinajstić information content (AvgIpc) is 2.81. The van der Waals surface area contributed by atoms with Crippen LogP contribution < -0.4 is 29.6 Å². The number of benzene rings is 1. The van der Waals surface area contributed by atoms with Crippen molar-refractivity contribution in [3.63, 3.8) is 0 Å². The number of hydrogen-bond acceptors (Lipinski definition) is 7. The van der Waals surface area contributed by atoms with E-state index in [1.807, 2.05) is 0 Å². The Labute approximate surface area is 232 Å². The smallest absolute Gasteiger partial charge is 0.744 e. The molecule has 0 atom stereocenters. The van der Waals surface area contributed by atoms with Crippen molar-refractivity contribution in [2.75, 3.05) is 13.2 Å². The summed E-state index contributed by atoms with van der Waals surface area (Å²) in [7, 11) is -5.00. The van der Waals surface area contributed by atoms with Crippen LogP contribution in [0.5, 0.6) is 0 Å². The van der Waals surface area contributed by atoms with Gasteiger partial charge in [-0.1, -0.05) is 44.2 Å². The van der Waals surface area contributed by atoms with Crippen LogP contribution in [-0.4, -0.2) is 38.1 Å². The summed E-state index contributed by atoms with van der Waals surface area (Å²) in [4.78, 5) is 24.5. The Bertz CT molecular complexity index is 924. The molecule has 0 aromatic heterocycles. The van der Waals surface area contributed by atoms with Gasteiger partial charge < -0.3 is 14.0 Å². The maximum atomic E-state index is 12.7. The number of unbranched alkanes of at least 4 members (excludes halogenated alkanes) is 6. The third kappa shape index (κ3) is 14.0. The van der Waals surface area contributed by atoms with Gasteiger partial charge in [0.2, 0.25) is 0 Å².